The van der Waals surface area contributed by atoms with Gasteiger partial charge in [0.2, 0.25) is 0 Å². The van der Waals surface area contributed by atoms with Crippen LogP contribution in [0.3, 0.4) is 0 Å². The van der Waals surface area contributed by atoms with Crippen molar-refractivity contribution in [3.63, 3.8) is 0 Å². The monoisotopic (exact) mass is 454 g/mol. The van der Waals surface area contributed by atoms with E-state index in [1.807, 2.05) is 54.6 Å². The predicted octanol–water partition coefficient (Wildman–Crippen LogP) is 5.40. The lowest BCUT2D eigenvalue weighted by atomic mass is 10.2. The minimum atomic E-state index is -0.240. The molecule has 3 rings (SSSR count). The SMILES string of the molecule is COc1cc(CNc2ccc(C)cc2)cc(Br)c1OCC(=O)Nc1ccccc1. The quantitative estimate of drug-likeness (QED) is 0.478. The van der Waals surface area contributed by atoms with Gasteiger partial charge in [-0.1, -0.05) is 35.9 Å². The van der Waals surface area contributed by atoms with Gasteiger partial charge in [0.1, 0.15) is 0 Å². The van der Waals surface area contributed by atoms with Crippen LogP contribution in [-0.4, -0.2) is 19.6 Å². The zero-order chi connectivity index (χ0) is 20.6. The molecule has 150 valence electrons. The number of hydrogen-bond acceptors (Lipinski definition) is 4. The van der Waals surface area contributed by atoms with Gasteiger partial charge >= 0.3 is 0 Å². The molecule has 0 aliphatic rings. The van der Waals surface area contributed by atoms with E-state index in [0.29, 0.717) is 18.0 Å². The molecule has 5 nitrogen and oxygen atoms in total. The molecule has 0 saturated carbocycles. The molecule has 0 atom stereocenters. The Labute approximate surface area is 179 Å². The molecular formula is C23H23BrN2O3. The Kier molecular flexibility index (Phi) is 7.14. The molecule has 0 spiro atoms. The molecule has 0 heterocycles. The highest BCUT2D eigenvalue weighted by atomic mass is 79.9. The van der Waals surface area contributed by atoms with Gasteiger partial charge in [-0.25, -0.2) is 0 Å². The maximum Gasteiger partial charge on any atom is 0.262 e. The number of anilines is 2. The van der Waals surface area contributed by atoms with Crippen LogP contribution in [0.5, 0.6) is 11.5 Å². The van der Waals surface area contributed by atoms with Gasteiger partial charge in [-0.15, -0.1) is 0 Å². The molecule has 3 aromatic carbocycles. The third kappa shape index (κ3) is 5.99. The Hall–Kier alpha value is -2.99. The number of rotatable bonds is 8. The largest absolute Gasteiger partial charge is 0.493 e. The van der Waals surface area contributed by atoms with Crippen molar-refractivity contribution in [1.82, 2.24) is 0 Å². The summed E-state index contributed by atoms with van der Waals surface area (Å²) in [5.74, 6) is 0.817. The van der Waals surface area contributed by atoms with E-state index in [4.69, 9.17) is 9.47 Å². The number of methoxy groups -OCH3 is 1. The Morgan fingerprint density at radius 1 is 1.00 bits per heavy atom. The number of nitrogens with one attached hydrogen (secondary N) is 2. The normalized spacial score (nSPS) is 10.3. The molecular weight excluding hydrogens is 432 g/mol. The van der Waals surface area contributed by atoms with Crippen molar-refractivity contribution >= 4 is 33.2 Å². The second-order valence-electron chi connectivity index (χ2n) is 6.53. The van der Waals surface area contributed by atoms with Crippen molar-refractivity contribution in [2.75, 3.05) is 24.4 Å². The van der Waals surface area contributed by atoms with Crippen molar-refractivity contribution < 1.29 is 14.3 Å². The van der Waals surface area contributed by atoms with Crippen molar-refractivity contribution in [3.05, 3.63) is 82.3 Å². The van der Waals surface area contributed by atoms with Gasteiger partial charge in [0.15, 0.2) is 18.1 Å². The Bertz CT molecular complexity index is 960. The molecule has 2 N–H and O–H groups in total. The number of benzene rings is 3. The number of hydrogen-bond donors (Lipinski definition) is 2. The molecule has 0 aromatic heterocycles. The summed E-state index contributed by atoms with van der Waals surface area (Å²) in [6, 6.07) is 21.3. The fourth-order valence-electron chi connectivity index (χ4n) is 2.75. The van der Waals surface area contributed by atoms with E-state index >= 15 is 0 Å². The van der Waals surface area contributed by atoms with Gasteiger partial charge in [0.05, 0.1) is 11.6 Å². The van der Waals surface area contributed by atoms with E-state index in [9.17, 15) is 4.79 Å². The topological polar surface area (TPSA) is 59.6 Å². The van der Waals surface area contributed by atoms with E-state index in [0.717, 1.165) is 21.4 Å². The zero-order valence-electron chi connectivity index (χ0n) is 16.4. The second kappa shape index (κ2) is 9.98. The average molecular weight is 455 g/mol. The van der Waals surface area contributed by atoms with E-state index in [-0.39, 0.29) is 12.5 Å². The van der Waals surface area contributed by atoms with Crippen LogP contribution in [0.15, 0.2) is 71.2 Å². The summed E-state index contributed by atoms with van der Waals surface area (Å²) < 4.78 is 11.9. The molecule has 0 saturated heterocycles. The lowest BCUT2D eigenvalue weighted by molar-refractivity contribution is -0.118. The number of amides is 1. The molecule has 0 aliphatic heterocycles. The Balaban J connectivity index is 1.63. The predicted molar refractivity (Wildman–Crippen MR) is 120 cm³/mol. The average Bonchev–Trinajstić information content (AvgIpc) is 2.73. The van der Waals surface area contributed by atoms with Crippen LogP contribution in [0.2, 0.25) is 0 Å². The maximum atomic E-state index is 12.1. The maximum absolute atomic E-state index is 12.1. The summed E-state index contributed by atoms with van der Waals surface area (Å²) in [6.07, 6.45) is 0. The van der Waals surface area contributed by atoms with Crippen LogP contribution < -0.4 is 20.1 Å². The van der Waals surface area contributed by atoms with Crippen molar-refractivity contribution in [3.8, 4) is 11.5 Å². The zero-order valence-corrected chi connectivity index (χ0v) is 18.0. The number of carbonyl (C=O) groups excluding carboxylic acids is 1. The first-order chi connectivity index (χ1) is 14.0. The lowest BCUT2D eigenvalue weighted by Crippen LogP contribution is -2.20. The van der Waals surface area contributed by atoms with E-state index < -0.39 is 0 Å². The highest BCUT2D eigenvalue weighted by Crippen LogP contribution is 2.37. The molecule has 1 amide bonds. The molecule has 0 radical (unpaired) electrons. The van der Waals surface area contributed by atoms with Gasteiger partial charge in [-0.2, -0.15) is 0 Å². The van der Waals surface area contributed by atoms with Crippen LogP contribution in [0.4, 0.5) is 11.4 Å². The number of ether oxygens (including phenoxy) is 2. The molecule has 0 bridgehead atoms. The van der Waals surface area contributed by atoms with Gasteiger partial charge in [0.25, 0.3) is 5.91 Å². The minimum absolute atomic E-state index is 0.120. The lowest BCUT2D eigenvalue weighted by Gasteiger charge is -2.15. The molecule has 0 aliphatic carbocycles. The number of para-hydroxylation sites is 1. The molecule has 3 aromatic rings. The van der Waals surface area contributed by atoms with Crippen LogP contribution in [-0.2, 0) is 11.3 Å². The highest BCUT2D eigenvalue weighted by molar-refractivity contribution is 9.10. The van der Waals surface area contributed by atoms with Gasteiger partial charge < -0.3 is 20.1 Å². The minimum Gasteiger partial charge on any atom is -0.493 e. The fourth-order valence-corrected chi connectivity index (χ4v) is 3.35. The first-order valence-corrected chi connectivity index (χ1v) is 9.99. The number of halogens is 1. The van der Waals surface area contributed by atoms with Crippen LogP contribution in [0.25, 0.3) is 0 Å². The first kappa shape index (κ1) is 20.7. The smallest absolute Gasteiger partial charge is 0.262 e. The van der Waals surface area contributed by atoms with Gasteiger partial charge in [-0.3, -0.25) is 4.79 Å². The second-order valence-corrected chi connectivity index (χ2v) is 7.39. The summed E-state index contributed by atoms with van der Waals surface area (Å²) in [7, 11) is 1.58. The summed E-state index contributed by atoms with van der Waals surface area (Å²) >= 11 is 3.53. The summed E-state index contributed by atoms with van der Waals surface area (Å²) in [4.78, 5) is 12.1. The first-order valence-electron chi connectivity index (χ1n) is 9.20. The van der Waals surface area contributed by atoms with Crippen LogP contribution >= 0.6 is 15.9 Å². The van der Waals surface area contributed by atoms with Gasteiger partial charge in [-0.05, 0) is 64.8 Å². The van der Waals surface area contributed by atoms with Gasteiger partial charge in [0, 0.05) is 17.9 Å². The van der Waals surface area contributed by atoms with Crippen molar-refractivity contribution in [2.45, 2.75) is 13.5 Å². The standard InChI is InChI=1S/C23H23BrN2O3/c1-16-8-10-18(11-9-16)25-14-17-12-20(24)23(21(13-17)28-2)29-15-22(27)26-19-6-4-3-5-7-19/h3-13,25H,14-15H2,1-2H3,(H,26,27). The highest BCUT2D eigenvalue weighted by Gasteiger charge is 2.14. The van der Waals surface area contributed by atoms with E-state index in [1.165, 1.54) is 5.56 Å². The molecule has 0 unspecified atom stereocenters. The van der Waals surface area contributed by atoms with Crippen LogP contribution in [0.1, 0.15) is 11.1 Å². The molecule has 29 heavy (non-hydrogen) atoms. The fraction of sp³-hybridized carbons (Fsp3) is 0.174. The van der Waals surface area contributed by atoms with Crippen molar-refractivity contribution in [1.29, 1.82) is 0 Å². The summed E-state index contributed by atoms with van der Waals surface area (Å²) in [6.45, 7) is 2.57. The van der Waals surface area contributed by atoms with Crippen molar-refractivity contribution in [2.24, 2.45) is 0 Å². The van der Waals surface area contributed by atoms with E-state index in [2.05, 4.69) is 45.6 Å². The summed E-state index contributed by atoms with van der Waals surface area (Å²) in [5.41, 5.74) is 4.02. The Morgan fingerprint density at radius 2 is 1.72 bits per heavy atom. The van der Waals surface area contributed by atoms with Crippen LogP contribution in [0, 0.1) is 6.92 Å². The number of aryl methyl sites for hydroxylation is 1. The molecule has 0 fully saturated rings. The third-order valence-electron chi connectivity index (χ3n) is 4.24. The third-order valence-corrected chi connectivity index (χ3v) is 4.83. The van der Waals surface area contributed by atoms with E-state index in [1.54, 1.807) is 7.11 Å². The summed E-state index contributed by atoms with van der Waals surface area (Å²) in [5, 5.41) is 6.18. The Morgan fingerprint density at radius 3 is 2.41 bits per heavy atom. The number of carbonyl (C=O) groups is 1. The molecule has 6 heteroatoms.